The van der Waals surface area contributed by atoms with Gasteiger partial charge in [0.1, 0.15) is 5.54 Å². The van der Waals surface area contributed by atoms with Gasteiger partial charge >= 0.3 is 5.97 Å². The molecule has 160 valence electrons. The van der Waals surface area contributed by atoms with Gasteiger partial charge in [-0.3, -0.25) is 4.79 Å². The van der Waals surface area contributed by atoms with Gasteiger partial charge in [-0.15, -0.1) is 11.3 Å². The molecular weight excluding hydrogens is 414 g/mol. The van der Waals surface area contributed by atoms with Gasteiger partial charge in [-0.05, 0) is 37.3 Å². The number of hydrogen-bond donors (Lipinski definition) is 1. The van der Waals surface area contributed by atoms with Crippen molar-refractivity contribution in [2.45, 2.75) is 51.1 Å². The van der Waals surface area contributed by atoms with Gasteiger partial charge in [0.15, 0.2) is 12.3 Å². The molecule has 0 unspecified atom stereocenters. The van der Waals surface area contributed by atoms with Crippen LogP contribution in [-0.2, 0) is 16.1 Å². The second kappa shape index (κ2) is 8.86. The van der Waals surface area contributed by atoms with Gasteiger partial charge in [-0.1, -0.05) is 25.3 Å². The molecule has 3 aromatic rings. The van der Waals surface area contributed by atoms with Crippen LogP contribution in [0.5, 0.6) is 0 Å². The van der Waals surface area contributed by atoms with E-state index >= 15 is 0 Å². The van der Waals surface area contributed by atoms with Crippen molar-refractivity contribution in [1.29, 1.82) is 5.26 Å². The van der Waals surface area contributed by atoms with Crippen molar-refractivity contribution >= 4 is 34.2 Å². The molecule has 0 aliphatic heterocycles. The van der Waals surface area contributed by atoms with Crippen molar-refractivity contribution in [1.82, 2.24) is 20.1 Å². The van der Waals surface area contributed by atoms with Crippen molar-refractivity contribution in [3.63, 3.8) is 0 Å². The molecule has 0 saturated heterocycles. The quantitative estimate of drug-likeness (QED) is 0.589. The standard InChI is InChI=1S/C22H23N5O3S/c1-2-27-20-16(12-24-27)15(11-17(25-20)18-7-6-10-31-18)21(29)30-13-19(28)26-22(14-23)8-4-3-5-9-22/h6-7,10-12H,2-5,8-9,13H2,1H3,(H,26,28). The van der Waals surface area contributed by atoms with E-state index in [4.69, 9.17) is 4.74 Å². The maximum absolute atomic E-state index is 12.9. The molecule has 3 heterocycles. The number of nitrogens with zero attached hydrogens (tertiary/aromatic N) is 4. The minimum absolute atomic E-state index is 0.313. The maximum atomic E-state index is 12.9. The number of amides is 1. The maximum Gasteiger partial charge on any atom is 0.339 e. The van der Waals surface area contributed by atoms with E-state index in [2.05, 4.69) is 21.5 Å². The fourth-order valence-electron chi connectivity index (χ4n) is 3.93. The number of pyridine rings is 1. The van der Waals surface area contributed by atoms with Crippen molar-refractivity contribution in [2.24, 2.45) is 0 Å². The summed E-state index contributed by atoms with van der Waals surface area (Å²) < 4.78 is 7.04. The zero-order chi connectivity index (χ0) is 21.8. The molecule has 9 heteroatoms. The van der Waals surface area contributed by atoms with E-state index < -0.39 is 24.0 Å². The molecule has 8 nitrogen and oxygen atoms in total. The smallest absolute Gasteiger partial charge is 0.339 e. The topological polar surface area (TPSA) is 110 Å². The number of hydrogen-bond acceptors (Lipinski definition) is 7. The zero-order valence-corrected chi connectivity index (χ0v) is 18.1. The summed E-state index contributed by atoms with van der Waals surface area (Å²) in [7, 11) is 0. The van der Waals surface area contributed by atoms with E-state index in [1.54, 1.807) is 16.9 Å². The summed E-state index contributed by atoms with van der Waals surface area (Å²) in [5, 5.41) is 19.1. The minimum atomic E-state index is -0.861. The highest BCUT2D eigenvalue weighted by Gasteiger charge is 2.33. The lowest BCUT2D eigenvalue weighted by molar-refractivity contribution is -0.125. The van der Waals surface area contributed by atoms with Gasteiger partial charge in [0.2, 0.25) is 0 Å². The van der Waals surface area contributed by atoms with Gasteiger partial charge in [0, 0.05) is 6.54 Å². The second-order valence-corrected chi connectivity index (χ2v) is 8.56. The molecule has 3 aromatic heterocycles. The van der Waals surface area contributed by atoms with Crippen LogP contribution in [0.25, 0.3) is 21.6 Å². The number of fused-ring (bicyclic) bond motifs is 1. The fraction of sp³-hybridized carbons (Fsp3) is 0.409. The highest BCUT2D eigenvalue weighted by Crippen LogP contribution is 2.29. The number of esters is 1. The van der Waals surface area contributed by atoms with Gasteiger partial charge in [-0.25, -0.2) is 14.5 Å². The molecule has 1 saturated carbocycles. The molecule has 4 rings (SSSR count). The summed E-state index contributed by atoms with van der Waals surface area (Å²) in [6.45, 7) is 2.12. The molecule has 1 fully saturated rings. The van der Waals surface area contributed by atoms with Gasteiger partial charge < -0.3 is 10.1 Å². The van der Waals surface area contributed by atoms with Crippen LogP contribution in [0.4, 0.5) is 0 Å². The highest BCUT2D eigenvalue weighted by atomic mass is 32.1. The zero-order valence-electron chi connectivity index (χ0n) is 17.3. The van der Waals surface area contributed by atoms with Crippen LogP contribution >= 0.6 is 11.3 Å². The van der Waals surface area contributed by atoms with Crippen molar-refractivity contribution in [3.05, 3.63) is 35.3 Å². The summed E-state index contributed by atoms with van der Waals surface area (Å²) in [6.07, 6.45) is 5.69. The van der Waals surface area contributed by atoms with E-state index in [9.17, 15) is 14.9 Å². The van der Waals surface area contributed by atoms with Gasteiger partial charge in [0.05, 0.1) is 33.8 Å². The third kappa shape index (κ3) is 4.30. The summed E-state index contributed by atoms with van der Waals surface area (Å²) in [6, 6.07) is 7.76. The predicted octanol–water partition coefficient (Wildman–Crippen LogP) is 3.68. The normalized spacial score (nSPS) is 15.4. The summed E-state index contributed by atoms with van der Waals surface area (Å²) in [5.74, 6) is -1.09. The lowest BCUT2D eigenvalue weighted by Crippen LogP contribution is -2.50. The molecule has 1 N–H and O–H groups in total. The molecule has 0 spiro atoms. The average Bonchev–Trinajstić information content (AvgIpc) is 3.47. The number of thiophene rings is 1. The lowest BCUT2D eigenvalue weighted by Gasteiger charge is -2.31. The lowest BCUT2D eigenvalue weighted by atomic mass is 9.83. The van der Waals surface area contributed by atoms with E-state index in [0.717, 1.165) is 24.1 Å². The van der Waals surface area contributed by atoms with Crippen LogP contribution < -0.4 is 5.32 Å². The third-order valence-corrected chi connectivity index (χ3v) is 6.43. The van der Waals surface area contributed by atoms with Gasteiger partial charge in [-0.2, -0.15) is 10.4 Å². The number of aryl methyl sites for hydroxylation is 1. The molecule has 31 heavy (non-hydrogen) atoms. The van der Waals surface area contributed by atoms with Crippen molar-refractivity contribution in [2.75, 3.05) is 6.61 Å². The van der Waals surface area contributed by atoms with E-state index in [0.29, 0.717) is 41.7 Å². The van der Waals surface area contributed by atoms with Crippen LogP contribution in [0.15, 0.2) is 29.8 Å². The summed E-state index contributed by atoms with van der Waals surface area (Å²) in [4.78, 5) is 30.9. The molecule has 1 aliphatic rings. The predicted molar refractivity (Wildman–Crippen MR) is 116 cm³/mol. The summed E-state index contributed by atoms with van der Waals surface area (Å²) in [5.41, 5.74) is 0.698. The highest BCUT2D eigenvalue weighted by molar-refractivity contribution is 7.13. The number of ether oxygens (including phenoxy) is 1. The van der Waals surface area contributed by atoms with E-state index in [-0.39, 0.29) is 0 Å². The Morgan fingerprint density at radius 2 is 2.16 bits per heavy atom. The van der Waals surface area contributed by atoms with Crippen LogP contribution in [-0.4, -0.2) is 38.8 Å². The first-order valence-corrected chi connectivity index (χ1v) is 11.2. The Bertz CT molecular complexity index is 1140. The number of nitrogens with one attached hydrogen (secondary N) is 1. The number of carbonyl (C=O) groups excluding carboxylic acids is 2. The van der Waals surface area contributed by atoms with Crippen molar-refractivity contribution < 1.29 is 14.3 Å². The van der Waals surface area contributed by atoms with E-state index in [1.165, 1.54) is 11.3 Å². The van der Waals surface area contributed by atoms with Crippen LogP contribution in [0, 0.1) is 11.3 Å². The van der Waals surface area contributed by atoms with E-state index in [1.807, 2.05) is 24.4 Å². The second-order valence-electron chi connectivity index (χ2n) is 7.61. The first kappa shape index (κ1) is 21.0. The molecule has 1 amide bonds. The van der Waals surface area contributed by atoms with Crippen LogP contribution in [0.1, 0.15) is 49.4 Å². The Kier molecular flexibility index (Phi) is 6.00. The minimum Gasteiger partial charge on any atom is -0.452 e. The van der Waals surface area contributed by atoms with Gasteiger partial charge in [0.25, 0.3) is 5.91 Å². The molecule has 0 atom stereocenters. The number of carbonyl (C=O) groups is 2. The Morgan fingerprint density at radius 1 is 1.35 bits per heavy atom. The first-order valence-electron chi connectivity index (χ1n) is 10.3. The molecular formula is C22H23N5O3S. The first-order chi connectivity index (χ1) is 15.0. The number of aromatic nitrogens is 3. The monoisotopic (exact) mass is 437 g/mol. The average molecular weight is 438 g/mol. The van der Waals surface area contributed by atoms with Crippen LogP contribution in [0.3, 0.4) is 0 Å². The SMILES string of the molecule is CCn1ncc2c(C(=O)OCC(=O)NC3(C#N)CCCCC3)cc(-c3cccs3)nc21. The Morgan fingerprint density at radius 3 is 2.84 bits per heavy atom. The molecule has 0 radical (unpaired) electrons. The van der Waals surface area contributed by atoms with Crippen molar-refractivity contribution in [3.8, 4) is 16.6 Å². The molecule has 0 aromatic carbocycles. The largest absolute Gasteiger partial charge is 0.452 e. The third-order valence-electron chi connectivity index (χ3n) is 5.54. The summed E-state index contributed by atoms with van der Waals surface area (Å²) >= 11 is 1.52. The Hall–Kier alpha value is -3.25. The Balaban J connectivity index is 1.54. The molecule has 0 bridgehead atoms. The van der Waals surface area contributed by atoms with Crippen LogP contribution in [0.2, 0.25) is 0 Å². The number of rotatable bonds is 6. The Labute approximate surface area is 183 Å². The molecule has 1 aliphatic carbocycles. The fourth-order valence-corrected chi connectivity index (χ4v) is 4.62. The number of nitriles is 1.